The number of hydrogen-bond acceptors (Lipinski definition) is 6. The van der Waals surface area contributed by atoms with Crippen molar-refractivity contribution < 1.29 is 23.9 Å². The summed E-state index contributed by atoms with van der Waals surface area (Å²) >= 11 is 7.29. The number of rotatable bonds is 8. The number of amides is 2. The first-order chi connectivity index (χ1) is 19.5. The molecule has 5 rings (SSSR count). The lowest BCUT2D eigenvalue weighted by atomic mass is 9.84. The number of ether oxygens (including phenoxy) is 2. The molecule has 8 heteroatoms. The van der Waals surface area contributed by atoms with Crippen LogP contribution in [0, 0.1) is 20.8 Å². The molecule has 1 N–H and O–H groups in total. The Hall–Kier alpha value is -3.29. The van der Waals surface area contributed by atoms with E-state index in [9.17, 15) is 14.4 Å². The third kappa shape index (κ3) is 6.31. The molecule has 3 aromatic rings. The largest absolute Gasteiger partial charge is 0.487 e. The number of carbonyl (C=O) groups excluding carboxylic acids is 3. The lowest BCUT2D eigenvalue weighted by molar-refractivity contribution is -0.118. The lowest BCUT2D eigenvalue weighted by Crippen LogP contribution is -2.37. The number of thioether (sulfide) groups is 1. The molecule has 2 amide bonds. The minimum Gasteiger partial charge on any atom is -0.487 e. The quantitative estimate of drug-likeness (QED) is 0.216. The van der Waals surface area contributed by atoms with Gasteiger partial charge in [-0.25, -0.2) is 4.79 Å². The van der Waals surface area contributed by atoms with Crippen LogP contribution in [0.25, 0.3) is 0 Å². The maximum atomic E-state index is 12.9. The maximum absolute atomic E-state index is 12.9. The normalized spacial score (nSPS) is 19.9. The van der Waals surface area contributed by atoms with Crippen molar-refractivity contribution in [2.24, 2.45) is 0 Å². The lowest BCUT2D eigenvalue weighted by Gasteiger charge is -2.38. The average molecular weight is 592 g/mol. The van der Waals surface area contributed by atoms with Crippen molar-refractivity contribution in [3.63, 3.8) is 0 Å². The molecule has 0 spiro atoms. The number of halogens is 1. The van der Waals surface area contributed by atoms with Crippen molar-refractivity contribution in [3.8, 4) is 11.5 Å². The van der Waals surface area contributed by atoms with Crippen LogP contribution in [0.1, 0.15) is 69.9 Å². The zero-order valence-corrected chi connectivity index (χ0v) is 25.3. The van der Waals surface area contributed by atoms with E-state index >= 15 is 0 Å². The minimum absolute atomic E-state index is 0.207. The van der Waals surface area contributed by atoms with Crippen LogP contribution in [0.15, 0.2) is 48.5 Å². The highest BCUT2D eigenvalue weighted by atomic mass is 35.5. The number of nitrogens with one attached hydrogen (secondary N) is 1. The Kier molecular flexibility index (Phi) is 8.48. The number of imide groups is 1. The van der Waals surface area contributed by atoms with E-state index in [2.05, 4.69) is 24.4 Å². The Morgan fingerprint density at radius 2 is 1.76 bits per heavy atom. The zero-order valence-electron chi connectivity index (χ0n) is 23.8. The van der Waals surface area contributed by atoms with E-state index in [-0.39, 0.29) is 22.0 Å². The molecule has 2 unspecified atom stereocenters. The van der Waals surface area contributed by atoms with Gasteiger partial charge in [0.2, 0.25) is 5.91 Å². The molecule has 6 nitrogen and oxygen atoms in total. The monoisotopic (exact) mass is 591 g/mol. The van der Waals surface area contributed by atoms with Gasteiger partial charge in [-0.05, 0) is 106 Å². The molecule has 1 fully saturated rings. The summed E-state index contributed by atoms with van der Waals surface area (Å²) in [6.45, 7) is 8.16. The molecule has 3 aromatic carbocycles. The third-order valence-corrected chi connectivity index (χ3v) is 9.54. The number of carbonyl (C=O) groups is 3. The molecular weight excluding hydrogens is 558 g/mol. The fraction of sp³-hybridized carbons (Fsp3) is 0.364. The molecule has 2 atom stereocenters. The first-order valence-corrected chi connectivity index (χ1v) is 15.2. The van der Waals surface area contributed by atoms with Crippen molar-refractivity contribution in [3.05, 3.63) is 92.5 Å². The fourth-order valence-electron chi connectivity index (χ4n) is 5.64. The van der Waals surface area contributed by atoms with E-state index in [0.29, 0.717) is 22.8 Å². The first-order valence-electron chi connectivity index (χ1n) is 13.9. The predicted octanol–water partition coefficient (Wildman–Crippen LogP) is 7.49. The van der Waals surface area contributed by atoms with Gasteiger partial charge in [0.1, 0.15) is 17.1 Å². The van der Waals surface area contributed by atoms with Gasteiger partial charge in [0.15, 0.2) is 0 Å². The summed E-state index contributed by atoms with van der Waals surface area (Å²) in [6.07, 6.45) is 5.09. The highest BCUT2D eigenvalue weighted by Crippen LogP contribution is 2.45. The Labute approximate surface area is 250 Å². The van der Waals surface area contributed by atoms with Gasteiger partial charge in [0.25, 0.3) is 5.24 Å². The van der Waals surface area contributed by atoms with Crippen molar-refractivity contribution in [2.45, 2.75) is 77.1 Å². The Morgan fingerprint density at radius 3 is 2.44 bits per heavy atom. The van der Waals surface area contributed by atoms with Crippen LogP contribution >= 0.6 is 23.4 Å². The van der Waals surface area contributed by atoms with Crippen molar-refractivity contribution >= 4 is 40.5 Å². The maximum Gasteiger partial charge on any atom is 0.345 e. The number of benzene rings is 3. The molecule has 2 aliphatic heterocycles. The number of hydrogen-bond donors (Lipinski definition) is 1. The van der Waals surface area contributed by atoms with Gasteiger partial charge < -0.3 is 9.47 Å². The molecule has 0 aromatic heterocycles. The summed E-state index contributed by atoms with van der Waals surface area (Å²) in [5, 5.41) is 2.10. The molecule has 0 aliphatic carbocycles. The number of esters is 1. The van der Waals surface area contributed by atoms with E-state index in [4.69, 9.17) is 21.1 Å². The van der Waals surface area contributed by atoms with Crippen molar-refractivity contribution in [1.29, 1.82) is 0 Å². The molecule has 0 saturated carbocycles. The van der Waals surface area contributed by atoms with Gasteiger partial charge >= 0.3 is 5.97 Å². The average Bonchev–Trinajstić information content (AvgIpc) is 3.26. The molecule has 214 valence electrons. The summed E-state index contributed by atoms with van der Waals surface area (Å²) in [5.74, 6) is 0.818. The first kappa shape index (κ1) is 29.2. The Balaban J connectivity index is 1.21. The predicted molar refractivity (Wildman–Crippen MR) is 162 cm³/mol. The molecule has 41 heavy (non-hydrogen) atoms. The van der Waals surface area contributed by atoms with Crippen LogP contribution in [0.5, 0.6) is 11.5 Å². The molecule has 0 radical (unpaired) electrons. The number of fused-ring (bicyclic) bond motifs is 1. The molecule has 1 saturated heterocycles. The van der Waals surface area contributed by atoms with Gasteiger partial charge in [0, 0.05) is 5.56 Å². The highest BCUT2D eigenvalue weighted by molar-refractivity contribution is 8.15. The zero-order chi connectivity index (χ0) is 29.3. The van der Waals surface area contributed by atoms with E-state index in [1.807, 2.05) is 32.9 Å². The van der Waals surface area contributed by atoms with Gasteiger partial charge in [-0.3, -0.25) is 14.9 Å². The second-order valence-corrected chi connectivity index (χ2v) is 12.8. The summed E-state index contributed by atoms with van der Waals surface area (Å²) < 4.78 is 12.6. The standard InChI is InChI=1S/C33H34ClNO5S/c1-19-20(2)29-24(21(3)28(19)39-31(37)25-9-5-6-10-26(25)34)15-17-33(4,40-29)16-7-8-22-11-13-23(14-12-22)18-27-30(36)35-32(38)41-27/h5-6,9-14,27H,7-8,15-18H2,1-4H3,(H,35,36,38). The molecule has 0 bridgehead atoms. The highest BCUT2D eigenvalue weighted by Gasteiger charge is 2.35. The fourth-order valence-corrected chi connectivity index (χ4v) is 6.71. The molecule has 2 aliphatic rings. The molecule has 2 heterocycles. The van der Waals surface area contributed by atoms with E-state index in [1.165, 1.54) is 5.56 Å². The van der Waals surface area contributed by atoms with Crippen molar-refractivity contribution in [1.82, 2.24) is 5.32 Å². The summed E-state index contributed by atoms with van der Waals surface area (Å²) in [4.78, 5) is 36.2. The van der Waals surface area contributed by atoms with Crippen LogP contribution in [-0.4, -0.2) is 28.0 Å². The smallest absolute Gasteiger partial charge is 0.345 e. The van der Waals surface area contributed by atoms with E-state index in [0.717, 1.165) is 77.4 Å². The summed E-state index contributed by atoms with van der Waals surface area (Å²) in [5.41, 5.74) is 6.26. The Morgan fingerprint density at radius 1 is 1.05 bits per heavy atom. The Bertz CT molecular complexity index is 1520. The van der Waals surface area contributed by atoms with Gasteiger partial charge in [-0.2, -0.15) is 0 Å². The number of aryl methyl sites for hydroxylation is 1. The van der Waals surface area contributed by atoms with Gasteiger partial charge in [-0.15, -0.1) is 0 Å². The van der Waals surface area contributed by atoms with Crippen LogP contribution in [0.3, 0.4) is 0 Å². The van der Waals surface area contributed by atoms with E-state index < -0.39 is 5.97 Å². The van der Waals surface area contributed by atoms with Crippen LogP contribution in [-0.2, 0) is 24.1 Å². The molecular formula is C33H34ClNO5S. The summed E-state index contributed by atoms with van der Waals surface area (Å²) in [6, 6.07) is 15.2. The summed E-state index contributed by atoms with van der Waals surface area (Å²) in [7, 11) is 0. The van der Waals surface area contributed by atoms with Crippen LogP contribution in [0.4, 0.5) is 4.79 Å². The van der Waals surface area contributed by atoms with Crippen LogP contribution < -0.4 is 14.8 Å². The SMILES string of the molecule is Cc1c(C)c2c(c(C)c1OC(=O)c1ccccc1Cl)CCC(C)(CCCc1ccc(CC3SC(=O)NC3=O)cc1)O2. The second kappa shape index (κ2) is 11.9. The topological polar surface area (TPSA) is 81.7 Å². The minimum atomic E-state index is -0.464. The van der Waals surface area contributed by atoms with Crippen molar-refractivity contribution in [2.75, 3.05) is 0 Å². The van der Waals surface area contributed by atoms with E-state index in [1.54, 1.807) is 24.3 Å². The second-order valence-electron chi connectivity index (χ2n) is 11.2. The van der Waals surface area contributed by atoms with Gasteiger partial charge in [-0.1, -0.05) is 59.8 Å². The third-order valence-electron chi connectivity index (χ3n) is 8.23. The van der Waals surface area contributed by atoms with Crippen LogP contribution in [0.2, 0.25) is 5.02 Å². The van der Waals surface area contributed by atoms with Gasteiger partial charge in [0.05, 0.1) is 15.8 Å².